The molecule has 0 saturated carbocycles. The molecule has 2 aliphatic rings. The van der Waals surface area contributed by atoms with Crippen molar-refractivity contribution in [2.24, 2.45) is 0 Å². The average molecular weight is 383 g/mol. The van der Waals surface area contributed by atoms with Crippen LogP contribution in [0, 0.1) is 0 Å². The van der Waals surface area contributed by atoms with E-state index in [-0.39, 0.29) is 6.10 Å². The topological polar surface area (TPSA) is 86.8 Å². The Morgan fingerprint density at radius 3 is 2.00 bits per heavy atom. The highest BCUT2D eigenvalue weighted by atomic mass is 32.2. The molecule has 0 amide bonds. The van der Waals surface area contributed by atoms with Crippen LogP contribution in [0.15, 0.2) is 0 Å². The first-order chi connectivity index (χ1) is 11.8. The molecule has 2 rings (SSSR count). The van der Waals surface area contributed by atoms with Gasteiger partial charge in [0.15, 0.2) is 6.10 Å². The summed E-state index contributed by atoms with van der Waals surface area (Å²) < 4.78 is 27.6. The molecule has 0 spiro atoms. The fraction of sp³-hybridized carbons (Fsp3) is 0.933. The van der Waals surface area contributed by atoms with Gasteiger partial charge in [-0.05, 0) is 0 Å². The summed E-state index contributed by atoms with van der Waals surface area (Å²) in [7, 11) is 0. The van der Waals surface area contributed by atoms with E-state index in [1.165, 1.54) is 0 Å². The predicted molar refractivity (Wildman–Crippen MR) is 93.1 cm³/mol. The zero-order valence-corrected chi connectivity index (χ0v) is 15.4. The van der Waals surface area contributed by atoms with Crippen LogP contribution in [0.4, 0.5) is 0 Å². The third-order valence-corrected chi connectivity index (χ3v) is 5.29. The number of carboxylic acid groups (broad SMARTS) is 1. The first kappa shape index (κ1) is 20.3. The van der Waals surface area contributed by atoms with E-state index in [4.69, 9.17) is 28.8 Å². The minimum atomic E-state index is -0.940. The van der Waals surface area contributed by atoms with E-state index in [1.54, 1.807) is 23.5 Å². The average Bonchev–Trinajstić information content (AvgIpc) is 3.35. The normalized spacial score (nSPS) is 32.4. The summed E-state index contributed by atoms with van der Waals surface area (Å²) in [4.78, 5) is 11.0. The molecule has 0 aromatic carbocycles. The maximum atomic E-state index is 11.0. The molecule has 9 heteroatoms. The van der Waals surface area contributed by atoms with Crippen molar-refractivity contribution in [2.45, 2.75) is 18.3 Å². The molecule has 3 atom stereocenters. The summed E-state index contributed by atoms with van der Waals surface area (Å²) >= 11 is 3.51. The van der Waals surface area contributed by atoms with Gasteiger partial charge in [0.1, 0.15) is 12.2 Å². The van der Waals surface area contributed by atoms with Gasteiger partial charge >= 0.3 is 5.97 Å². The fourth-order valence-electron chi connectivity index (χ4n) is 2.18. The van der Waals surface area contributed by atoms with Crippen LogP contribution in [0.2, 0.25) is 0 Å². The van der Waals surface area contributed by atoms with Crippen LogP contribution in [-0.2, 0) is 28.5 Å². The van der Waals surface area contributed by atoms with E-state index in [0.29, 0.717) is 46.2 Å². The van der Waals surface area contributed by atoms with E-state index in [9.17, 15) is 4.79 Å². The van der Waals surface area contributed by atoms with Gasteiger partial charge in [-0.2, -0.15) is 23.5 Å². The van der Waals surface area contributed by atoms with Gasteiger partial charge in [-0.1, -0.05) is 0 Å². The molecule has 3 unspecified atom stereocenters. The van der Waals surface area contributed by atoms with Crippen molar-refractivity contribution in [2.75, 3.05) is 69.3 Å². The molecule has 7 nitrogen and oxygen atoms in total. The number of thioether (sulfide) groups is 2. The van der Waals surface area contributed by atoms with Crippen molar-refractivity contribution >= 4 is 29.5 Å². The van der Waals surface area contributed by atoms with E-state index in [1.807, 2.05) is 0 Å². The van der Waals surface area contributed by atoms with E-state index in [0.717, 1.165) is 23.0 Å². The smallest absolute Gasteiger partial charge is 0.335 e. The summed E-state index contributed by atoms with van der Waals surface area (Å²) in [5.41, 5.74) is 0. The Labute approximate surface area is 151 Å². The molecule has 0 bridgehead atoms. The van der Waals surface area contributed by atoms with Gasteiger partial charge in [0.05, 0.1) is 46.2 Å². The van der Waals surface area contributed by atoms with Crippen LogP contribution >= 0.6 is 23.5 Å². The Morgan fingerprint density at radius 2 is 1.42 bits per heavy atom. The highest BCUT2D eigenvalue weighted by molar-refractivity contribution is 7.99. The quantitative estimate of drug-likeness (QED) is 0.695. The minimum Gasteiger partial charge on any atom is -0.479 e. The third kappa shape index (κ3) is 8.37. The lowest BCUT2D eigenvalue weighted by molar-refractivity contribution is -0.138. The number of aliphatic carboxylic acids is 1. The minimum absolute atomic E-state index is 0.324. The molecule has 0 radical (unpaired) electrons. The number of rotatable bonds is 2. The Bertz CT molecular complexity index is 341. The number of hydrogen-bond acceptors (Lipinski definition) is 8. The molecule has 0 aromatic heterocycles. The lowest BCUT2D eigenvalue weighted by Crippen LogP contribution is -2.30. The predicted octanol–water partition coefficient (Wildman–Crippen LogP) is 0.753. The van der Waals surface area contributed by atoms with E-state index >= 15 is 0 Å². The second-order valence-electron chi connectivity index (χ2n) is 5.29. The number of carbonyl (C=O) groups is 1. The first-order valence-corrected chi connectivity index (χ1v) is 10.5. The molecular weight excluding hydrogens is 356 g/mol. The summed E-state index contributed by atoms with van der Waals surface area (Å²) in [5.74, 6) is 2.59. The van der Waals surface area contributed by atoms with Crippen molar-refractivity contribution in [1.82, 2.24) is 0 Å². The second kappa shape index (κ2) is 12.3. The number of hydrogen-bond donors (Lipinski definition) is 1. The van der Waals surface area contributed by atoms with Crippen LogP contribution in [0.3, 0.4) is 0 Å². The van der Waals surface area contributed by atoms with Crippen molar-refractivity contribution < 1.29 is 33.6 Å². The lowest BCUT2D eigenvalue weighted by atomic mass is 10.2. The largest absolute Gasteiger partial charge is 0.479 e. The monoisotopic (exact) mass is 382 g/mol. The van der Waals surface area contributed by atoms with Crippen LogP contribution in [0.1, 0.15) is 0 Å². The zero-order valence-electron chi connectivity index (χ0n) is 13.7. The fourth-order valence-corrected chi connectivity index (χ4v) is 3.51. The Morgan fingerprint density at radius 1 is 0.833 bits per heavy atom. The van der Waals surface area contributed by atoms with Crippen LogP contribution < -0.4 is 0 Å². The summed E-state index contributed by atoms with van der Waals surface area (Å²) in [6.07, 6.45) is -1.48. The highest BCUT2D eigenvalue weighted by Crippen LogP contribution is 2.28. The molecule has 2 fully saturated rings. The lowest BCUT2D eigenvalue weighted by Gasteiger charge is -2.16. The summed E-state index contributed by atoms with van der Waals surface area (Å²) in [6, 6.07) is 0. The molecular formula is C15H26O7S2. The molecule has 2 heterocycles. The first-order valence-electron chi connectivity index (χ1n) is 8.17. The van der Waals surface area contributed by atoms with Gasteiger partial charge in [0, 0.05) is 23.0 Å². The van der Waals surface area contributed by atoms with Crippen molar-refractivity contribution in [3.63, 3.8) is 0 Å². The Kier molecular flexibility index (Phi) is 10.4. The molecule has 0 aromatic rings. The van der Waals surface area contributed by atoms with Gasteiger partial charge < -0.3 is 28.8 Å². The number of ether oxygens (including phenoxy) is 5. The standard InChI is InChI=1S/C15H26O7S2/c16-15(17)14-13(22-14)12-11-20-5-9-23-7-3-18-1-2-19-4-8-24-10-6-21-12/h12-14H,1-11H2,(H,16,17). The molecule has 2 aliphatic heterocycles. The highest BCUT2D eigenvalue weighted by Gasteiger charge is 2.50. The van der Waals surface area contributed by atoms with E-state index in [2.05, 4.69) is 0 Å². The summed E-state index contributed by atoms with van der Waals surface area (Å²) in [6.45, 7) is 4.18. The molecule has 0 aliphatic carbocycles. The zero-order chi connectivity index (χ0) is 17.0. The third-order valence-electron chi connectivity index (χ3n) is 3.47. The van der Waals surface area contributed by atoms with E-state index < -0.39 is 18.2 Å². The Hall–Kier alpha value is -0.0300. The molecule has 1 N–H and O–H groups in total. The maximum absolute atomic E-state index is 11.0. The van der Waals surface area contributed by atoms with Crippen molar-refractivity contribution in [3.8, 4) is 0 Å². The van der Waals surface area contributed by atoms with Crippen LogP contribution in [-0.4, -0.2) is 98.6 Å². The van der Waals surface area contributed by atoms with Gasteiger partial charge in [-0.3, -0.25) is 0 Å². The number of carboxylic acids is 1. The molecule has 2 saturated heterocycles. The van der Waals surface area contributed by atoms with Gasteiger partial charge in [0.2, 0.25) is 0 Å². The van der Waals surface area contributed by atoms with Gasteiger partial charge in [-0.25, -0.2) is 4.79 Å². The van der Waals surface area contributed by atoms with Crippen molar-refractivity contribution in [1.29, 1.82) is 0 Å². The van der Waals surface area contributed by atoms with Crippen LogP contribution in [0.5, 0.6) is 0 Å². The summed E-state index contributed by atoms with van der Waals surface area (Å²) in [5, 5.41) is 8.98. The van der Waals surface area contributed by atoms with Crippen molar-refractivity contribution in [3.05, 3.63) is 0 Å². The molecule has 140 valence electrons. The maximum Gasteiger partial charge on any atom is 0.335 e. The SMILES string of the molecule is O=C(O)C1OC1C1COCCSCCOCCOCCSCCO1. The van der Waals surface area contributed by atoms with Crippen LogP contribution in [0.25, 0.3) is 0 Å². The molecule has 24 heavy (non-hydrogen) atoms. The number of epoxide rings is 1. The van der Waals surface area contributed by atoms with Gasteiger partial charge in [0.25, 0.3) is 0 Å². The Balaban J connectivity index is 1.70. The second-order valence-corrected chi connectivity index (χ2v) is 7.74. The van der Waals surface area contributed by atoms with Gasteiger partial charge in [-0.15, -0.1) is 0 Å².